The Balaban J connectivity index is 2.77. The highest BCUT2D eigenvalue weighted by Gasteiger charge is 2.13. The van der Waals surface area contributed by atoms with Crippen LogP contribution in [-0.4, -0.2) is 28.0 Å². The molecule has 18 heavy (non-hydrogen) atoms. The molecule has 1 rings (SSSR count). The number of hydrogen-bond donors (Lipinski definition) is 2. The summed E-state index contributed by atoms with van der Waals surface area (Å²) in [5, 5.41) is 11.5. The Morgan fingerprint density at radius 2 is 2.17 bits per heavy atom. The molecule has 0 saturated heterocycles. The third-order valence-corrected chi connectivity index (χ3v) is 2.52. The molecule has 0 spiro atoms. The zero-order valence-electron chi connectivity index (χ0n) is 10.2. The second-order valence-electron chi connectivity index (χ2n) is 4.00. The number of rotatable bonds is 5. The van der Waals surface area contributed by atoms with Gasteiger partial charge in [0.2, 0.25) is 0 Å². The molecule has 2 N–H and O–H groups in total. The number of carboxylic acids is 1. The van der Waals surface area contributed by atoms with Crippen molar-refractivity contribution in [2.75, 3.05) is 0 Å². The highest BCUT2D eigenvalue weighted by molar-refractivity contribution is 6.29. The maximum Gasteiger partial charge on any atom is 0.305 e. The van der Waals surface area contributed by atoms with Crippen LogP contribution in [0.25, 0.3) is 0 Å². The van der Waals surface area contributed by atoms with Gasteiger partial charge in [-0.25, -0.2) is 4.98 Å². The summed E-state index contributed by atoms with van der Waals surface area (Å²) in [7, 11) is 0. The average Bonchev–Trinajstić information content (AvgIpc) is 2.26. The van der Waals surface area contributed by atoms with Crippen LogP contribution in [0.4, 0.5) is 0 Å². The van der Waals surface area contributed by atoms with Crippen LogP contribution in [-0.2, 0) is 11.2 Å². The maximum absolute atomic E-state index is 11.9. The van der Waals surface area contributed by atoms with Gasteiger partial charge < -0.3 is 10.4 Å². The molecular weight excluding hydrogens is 256 g/mol. The van der Waals surface area contributed by atoms with Crippen molar-refractivity contribution in [3.05, 3.63) is 28.5 Å². The van der Waals surface area contributed by atoms with E-state index in [2.05, 4.69) is 10.3 Å². The largest absolute Gasteiger partial charge is 0.481 e. The van der Waals surface area contributed by atoms with E-state index in [1.807, 2.05) is 6.92 Å². The van der Waals surface area contributed by atoms with E-state index in [0.717, 1.165) is 5.69 Å². The predicted octanol–water partition coefficient (Wildman–Crippen LogP) is 1.89. The molecule has 1 unspecified atom stereocenters. The highest BCUT2D eigenvalue weighted by atomic mass is 35.5. The van der Waals surface area contributed by atoms with Crippen molar-refractivity contribution in [2.45, 2.75) is 32.7 Å². The lowest BCUT2D eigenvalue weighted by atomic mass is 10.1. The number of aliphatic carboxylic acids is 1. The third kappa shape index (κ3) is 4.33. The highest BCUT2D eigenvalue weighted by Crippen LogP contribution is 2.11. The minimum Gasteiger partial charge on any atom is -0.481 e. The lowest BCUT2D eigenvalue weighted by Gasteiger charge is -2.12. The van der Waals surface area contributed by atoms with Gasteiger partial charge in [-0.3, -0.25) is 9.59 Å². The zero-order valence-corrected chi connectivity index (χ0v) is 11.0. The molecule has 0 bridgehead atoms. The summed E-state index contributed by atoms with van der Waals surface area (Å²) >= 11 is 5.81. The Morgan fingerprint density at radius 3 is 2.72 bits per heavy atom. The molecule has 98 valence electrons. The lowest BCUT2D eigenvalue weighted by molar-refractivity contribution is -0.137. The van der Waals surface area contributed by atoms with Crippen LogP contribution in [0, 0.1) is 0 Å². The number of halogens is 1. The van der Waals surface area contributed by atoms with Gasteiger partial charge in [-0.1, -0.05) is 18.5 Å². The number of pyridine rings is 1. The van der Waals surface area contributed by atoms with Crippen molar-refractivity contribution >= 4 is 23.5 Å². The van der Waals surface area contributed by atoms with Crippen molar-refractivity contribution in [1.29, 1.82) is 0 Å². The summed E-state index contributed by atoms with van der Waals surface area (Å²) in [6.07, 6.45) is 0.552. The van der Waals surface area contributed by atoms with Gasteiger partial charge in [0, 0.05) is 17.3 Å². The summed E-state index contributed by atoms with van der Waals surface area (Å²) in [4.78, 5) is 26.4. The van der Waals surface area contributed by atoms with E-state index in [-0.39, 0.29) is 17.5 Å². The predicted molar refractivity (Wildman–Crippen MR) is 67.8 cm³/mol. The molecule has 1 aromatic heterocycles. The summed E-state index contributed by atoms with van der Waals surface area (Å²) < 4.78 is 0. The van der Waals surface area contributed by atoms with Gasteiger partial charge in [0.1, 0.15) is 5.15 Å². The standard InChI is InChI=1S/C12H15ClN2O3/c1-3-9-5-8(6-10(13)15-9)12(18)14-7(2)4-11(16)17/h5-7H,3-4H2,1-2H3,(H,14,18)(H,16,17). The van der Waals surface area contributed by atoms with E-state index in [9.17, 15) is 9.59 Å². The number of carboxylic acid groups (broad SMARTS) is 1. The molecule has 1 aromatic rings. The van der Waals surface area contributed by atoms with E-state index in [1.165, 1.54) is 6.07 Å². The van der Waals surface area contributed by atoms with Crippen molar-refractivity contribution in [2.24, 2.45) is 0 Å². The Morgan fingerprint density at radius 1 is 1.50 bits per heavy atom. The van der Waals surface area contributed by atoms with Crippen LogP contribution in [0.3, 0.4) is 0 Å². The van der Waals surface area contributed by atoms with Crippen LogP contribution in [0.2, 0.25) is 5.15 Å². The van der Waals surface area contributed by atoms with Crippen LogP contribution >= 0.6 is 11.6 Å². The Labute approximate surface area is 110 Å². The summed E-state index contributed by atoms with van der Waals surface area (Å²) in [5.41, 5.74) is 1.11. The third-order valence-electron chi connectivity index (χ3n) is 2.33. The molecule has 0 radical (unpaired) electrons. The summed E-state index contributed by atoms with van der Waals surface area (Å²) in [6, 6.07) is 2.67. The van der Waals surface area contributed by atoms with E-state index >= 15 is 0 Å². The van der Waals surface area contributed by atoms with E-state index in [0.29, 0.717) is 12.0 Å². The van der Waals surface area contributed by atoms with Gasteiger partial charge >= 0.3 is 5.97 Å². The first-order valence-electron chi connectivity index (χ1n) is 5.61. The van der Waals surface area contributed by atoms with Gasteiger partial charge in [-0.15, -0.1) is 0 Å². The molecule has 5 nitrogen and oxygen atoms in total. The Bertz CT molecular complexity index is 463. The number of nitrogens with zero attached hydrogens (tertiary/aromatic N) is 1. The first kappa shape index (κ1) is 14.4. The zero-order chi connectivity index (χ0) is 13.7. The maximum atomic E-state index is 11.9. The number of nitrogens with one attached hydrogen (secondary N) is 1. The Hall–Kier alpha value is -1.62. The van der Waals surface area contributed by atoms with Gasteiger partial charge in [-0.05, 0) is 25.5 Å². The molecule has 1 atom stereocenters. The topological polar surface area (TPSA) is 79.3 Å². The van der Waals surface area contributed by atoms with Crippen molar-refractivity contribution < 1.29 is 14.7 Å². The Kier molecular flexibility index (Phi) is 5.09. The van der Waals surface area contributed by atoms with Gasteiger partial charge in [0.15, 0.2) is 0 Å². The van der Waals surface area contributed by atoms with Crippen molar-refractivity contribution in [3.8, 4) is 0 Å². The molecule has 0 saturated carbocycles. The number of amides is 1. The van der Waals surface area contributed by atoms with Crippen LogP contribution in [0.15, 0.2) is 12.1 Å². The molecule has 0 fully saturated rings. The number of carbonyl (C=O) groups excluding carboxylic acids is 1. The second kappa shape index (κ2) is 6.35. The van der Waals surface area contributed by atoms with Crippen LogP contribution in [0.5, 0.6) is 0 Å². The van der Waals surface area contributed by atoms with E-state index in [1.54, 1.807) is 13.0 Å². The fourth-order valence-corrected chi connectivity index (χ4v) is 1.71. The normalized spacial score (nSPS) is 11.9. The first-order chi connectivity index (χ1) is 8.42. The minimum absolute atomic E-state index is 0.120. The SMILES string of the molecule is CCc1cc(C(=O)NC(C)CC(=O)O)cc(Cl)n1. The molecule has 0 aliphatic rings. The fourth-order valence-electron chi connectivity index (χ4n) is 1.48. The molecule has 0 aromatic carbocycles. The van der Waals surface area contributed by atoms with E-state index in [4.69, 9.17) is 16.7 Å². The number of aryl methyl sites for hydroxylation is 1. The number of aromatic nitrogens is 1. The summed E-state index contributed by atoms with van der Waals surface area (Å²) in [6.45, 7) is 3.54. The molecule has 1 heterocycles. The first-order valence-corrected chi connectivity index (χ1v) is 5.99. The van der Waals surface area contributed by atoms with Crippen molar-refractivity contribution in [3.63, 3.8) is 0 Å². The lowest BCUT2D eigenvalue weighted by Crippen LogP contribution is -2.34. The second-order valence-corrected chi connectivity index (χ2v) is 4.38. The van der Waals surface area contributed by atoms with Crippen molar-refractivity contribution in [1.82, 2.24) is 10.3 Å². The molecule has 0 aliphatic heterocycles. The number of carbonyl (C=O) groups is 2. The molecule has 1 amide bonds. The number of hydrogen-bond acceptors (Lipinski definition) is 3. The minimum atomic E-state index is -0.954. The quantitative estimate of drug-likeness (QED) is 0.801. The van der Waals surface area contributed by atoms with Gasteiger partial charge in [0.05, 0.1) is 6.42 Å². The van der Waals surface area contributed by atoms with Gasteiger partial charge in [-0.2, -0.15) is 0 Å². The van der Waals surface area contributed by atoms with Crippen LogP contribution in [0.1, 0.15) is 36.3 Å². The summed E-state index contributed by atoms with van der Waals surface area (Å²) in [5.74, 6) is -1.30. The molecule has 6 heteroatoms. The van der Waals surface area contributed by atoms with Gasteiger partial charge in [0.25, 0.3) is 5.91 Å². The smallest absolute Gasteiger partial charge is 0.305 e. The fraction of sp³-hybridized carbons (Fsp3) is 0.417. The molecular formula is C12H15ClN2O3. The van der Waals surface area contributed by atoms with Crippen LogP contribution < -0.4 is 5.32 Å². The molecule has 0 aliphatic carbocycles. The van der Waals surface area contributed by atoms with E-state index < -0.39 is 12.0 Å². The monoisotopic (exact) mass is 270 g/mol. The average molecular weight is 271 g/mol.